The van der Waals surface area contributed by atoms with Crippen molar-refractivity contribution in [3.05, 3.63) is 70.8 Å². The maximum atomic E-state index is 12.7. The van der Waals surface area contributed by atoms with Gasteiger partial charge in [0.25, 0.3) is 5.91 Å². The molecule has 2 aromatic carbocycles. The Morgan fingerprint density at radius 2 is 1.86 bits per heavy atom. The van der Waals surface area contributed by atoms with Crippen molar-refractivity contribution in [2.24, 2.45) is 0 Å². The molecule has 1 aliphatic heterocycles. The maximum Gasteiger partial charge on any atom is 0.259 e. The second-order valence-electron chi connectivity index (χ2n) is 5.18. The molecule has 0 spiro atoms. The number of fused-ring (bicyclic) bond motifs is 1. The SMILES string of the molecule is CC(=O)/C=C1\C(=O)N(Cc2ccccc2)c2cccc(Cl)c21. The van der Waals surface area contributed by atoms with Crippen molar-refractivity contribution in [1.29, 1.82) is 0 Å². The monoisotopic (exact) mass is 311 g/mol. The first-order chi connectivity index (χ1) is 10.6. The minimum absolute atomic E-state index is 0.171. The van der Waals surface area contributed by atoms with E-state index in [0.29, 0.717) is 22.7 Å². The van der Waals surface area contributed by atoms with E-state index < -0.39 is 0 Å². The minimum atomic E-state index is -0.192. The molecule has 0 saturated heterocycles. The first kappa shape index (κ1) is 14.5. The molecule has 0 aromatic heterocycles. The molecule has 2 aromatic rings. The highest BCUT2D eigenvalue weighted by atomic mass is 35.5. The summed E-state index contributed by atoms with van der Waals surface area (Å²) < 4.78 is 0. The normalized spacial score (nSPS) is 15.3. The smallest absolute Gasteiger partial charge is 0.259 e. The standard InChI is InChI=1S/C18H14ClNO2/c1-12(21)10-14-17-15(19)8-5-9-16(17)20(18(14)22)11-13-6-3-2-4-7-13/h2-10H,11H2,1H3/b14-10-. The summed E-state index contributed by atoms with van der Waals surface area (Å²) in [5.74, 6) is -0.363. The largest absolute Gasteiger partial charge is 0.303 e. The van der Waals surface area contributed by atoms with Crippen LogP contribution in [-0.2, 0) is 16.1 Å². The molecule has 110 valence electrons. The van der Waals surface area contributed by atoms with Gasteiger partial charge in [0.05, 0.1) is 22.8 Å². The third-order valence-electron chi connectivity index (χ3n) is 3.56. The molecule has 1 amide bonds. The summed E-state index contributed by atoms with van der Waals surface area (Å²) in [4.78, 5) is 25.8. The summed E-state index contributed by atoms with van der Waals surface area (Å²) in [6.45, 7) is 1.87. The number of carbonyl (C=O) groups is 2. The second-order valence-corrected chi connectivity index (χ2v) is 5.59. The van der Waals surface area contributed by atoms with Crippen molar-refractivity contribution >= 4 is 34.6 Å². The Morgan fingerprint density at radius 3 is 2.55 bits per heavy atom. The van der Waals surface area contributed by atoms with Gasteiger partial charge in [-0.2, -0.15) is 0 Å². The number of benzene rings is 2. The van der Waals surface area contributed by atoms with E-state index in [2.05, 4.69) is 0 Å². The summed E-state index contributed by atoms with van der Waals surface area (Å²) in [6.07, 6.45) is 1.36. The number of allylic oxidation sites excluding steroid dienone is 1. The Hall–Kier alpha value is -2.39. The molecule has 1 heterocycles. The number of rotatable bonds is 3. The van der Waals surface area contributed by atoms with Crippen molar-refractivity contribution in [1.82, 2.24) is 0 Å². The first-order valence-electron chi connectivity index (χ1n) is 6.95. The lowest BCUT2D eigenvalue weighted by molar-refractivity contribution is -0.114. The van der Waals surface area contributed by atoms with Crippen LogP contribution in [0.4, 0.5) is 5.69 Å². The van der Waals surface area contributed by atoms with E-state index in [1.54, 1.807) is 11.0 Å². The van der Waals surface area contributed by atoms with Crippen molar-refractivity contribution < 1.29 is 9.59 Å². The molecule has 1 aliphatic rings. The summed E-state index contributed by atoms with van der Waals surface area (Å²) in [6, 6.07) is 15.1. The van der Waals surface area contributed by atoms with E-state index in [9.17, 15) is 9.59 Å². The number of hydrogen-bond acceptors (Lipinski definition) is 2. The molecule has 0 saturated carbocycles. The van der Waals surface area contributed by atoms with Crippen molar-refractivity contribution in [2.45, 2.75) is 13.5 Å². The van der Waals surface area contributed by atoms with Crippen molar-refractivity contribution in [3.8, 4) is 0 Å². The predicted octanol–water partition coefficient (Wildman–Crippen LogP) is 3.86. The van der Waals surface area contributed by atoms with Gasteiger partial charge in [-0.25, -0.2) is 0 Å². The van der Waals surface area contributed by atoms with Crippen LogP contribution in [0.25, 0.3) is 5.57 Å². The lowest BCUT2D eigenvalue weighted by Crippen LogP contribution is -2.25. The molecular formula is C18H14ClNO2. The zero-order valence-corrected chi connectivity index (χ0v) is 12.8. The average molecular weight is 312 g/mol. The summed E-state index contributed by atoms with van der Waals surface area (Å²) >= 11 is 6.25. The number of amides is 1. The number of halogens is 1. The number of carbonyl (C=O) groups excluding carboxylic acids is 2. The van der Waals surface area contributed by atoms with Crippen LogP contribution in [0.3, 0.4) is 0 Å². The van der Waals surface area contributed by atoms with Crippen LogP contribution in [0.5, 0.6) is 0 Å². The minimum Gasteiger partial charge on any atom is -0.303 e. The summed E-state index contributed by atoms with van der Waals surface area (Å²) in [5, 5.41) is 0.480. The Kier molecular flexibility index (Phi) is 3.82. The maximum absolute atomic E-state index is 12.7. The predicted molar refractivity (Wildman–Crippen MR) is 87.7 cm³/mol. The molecule has 4 heteroatoms. The summed E-state index contributed by atoms with van der Waals surface area (Å²) in [7, 11) is 0. The van der Waals surface area contributed by atoms with E-state index >= 15 is 0 Å². The Bertz CT molecular complexity index is 781. The van der Waals surface area contributed by atoms with Gasteiger partial charge in [-0.05, 0) is 30.7 Å². The van der Waals surface area contributed by atoms with Gasteiger partial charge < -0.3 is 4.90 Å². The van der Waals surface area contributed by atoms with Gasteiger partial charge >= 0.3 is 0 Å². The third-order valence-corrected chi connectivity index (χ3v) is 3.87. The van der Waals surface area contributed by atoms with Gasteiger partial charge in [0, 0.05) is 5.56 Å². The Labute approximate surface area is 133 Å². The molecule has 22 heavy (non-hydrogen) atoms. The van der Waals surface area contributed by atoms with E-state index in [0.717, 1.165) is 11.3 Å². The fourth-order valence-electron chi connectivity index (χ4n) is 2.63. The van der Waals surface area contributed by atoms with Crippen LogP contribution < -0.4 is 4.90 Å². The van der Waals surface area contributed by atoms with Gasteiger partial charge in [0.2, 0.25) is 0 Å². The quantitative estimate of drug-likeness (QED) is 0.807. The van der Waals surface area contributed by atoms with Gasteiger partial charge in [-0.15, -0.1) is 0 Å². The first-order valence-corrected chi connectivity index (χ1v) is 7.32. The van der Waals surface area contributed by atoms with Gasteiger partial charge in [0.1, 0.15) is 0 Å². The van der Waals surface area contributed by atoms with Gasteiger partial charge in [-0.3, -0.25) is 9.59 Å². The van der Waals surface area contributed by atoms with Crippen LogP contribution in [0.2, 0.25) is 5.02 Å². The molecule has 0 fully saturated rings. The number of hydrogen-bond donors (Lipinski definition) is 0. The lowest BCUT2D eigenvalue weighted by atomic mass is 10.1. The highest BCUT2D eigenvalue weighted by Crippen LogP contribution is 2.41. The molecule has 0 unspecified atom stereocenters. The number of ketones is 1. The highest BCUT2D eigenvalue weighted by Gasteiger charge is 2.34. The zero-order valence-electron chi connectivity index (χ0n) is 12.0. The molecule has 0 radical (unpaired) electrons. The van der Waals surface area contributed by atoms with Gasteiger partial charge in [0.15, 0.2) is 5.78 Å². The average Bonchev–Trinajstić information content (AvgIpc) is 2.75. The Morgan fingerprint density at radius 1 is 1.14 bits per heavy atom. The lowest BCUT2D eigenvalue weighted by Gasteiger charge is -2.17. The van der Waals surface area contributed by atoms with Gasteiger partial charge in [-0.1, -0.05) is 48.0 Å². The number of anilines is 1. The fourth-order valence-corrected chi connectivity index (χ4v) is 2.90. The van der Waals surface area contributed by atoms with E-state index in [1.165, 1.54) is 13.0 Å². The van der Waals surface area contributed by atoms with Crippen LogP contribution in [0.1, 0.15) is 18.1 Å². The van der Waals surface area contributed by atoms with Crippen LogP contribution >= 0.6 is 11.6 Å². The van der Waals surface area contributed by atoms with Crippen LogP contribution in [-0.4, -0.2) is 11.7 Å². The van der Waals surface area contributed by atoms with Crippen LogP contribution in [0.15, 0.2) is 54.6 Å². The molecule has 0 aliphatic carbocycles. The van der Waals surface area contributed by atoms with Crippen molar-refractivity contribution in [3.63, 3.8) is 0 Å². The summed E-state index contributed by atoms with van der Waals surface area (Å²) in [5.41, 5.74) is 2.77. The Balaban J connectivity index is 2.09. The second kappa shape index (κ2) is 5.78. The highest BCUT2D eigenvalue weighted by molar-refractivity contribution is 6.41. The van der Waals surface area contributed by atoms with Crippen LogP contribution in [0, 0.1) is 0 Å². The molecule has 3 rings (SSSR count). The molecule has 0 N–H and O–H groups in total. The number of nitrogens with zero attached hydrogens (tertiary/aromatic N) is 1. The van der Waals surface area contributed by atoms with E-state index in [4.69, 9.17) is 11.6 Å². The molecular weight excluding hydrogens is 298 g/mol. The van der Waals surface area contributed by atoms with Crippen molar-refractivity contribution in [2.75, 3.05) is 4.90 Å². The van der Waals surface area contributed by atoms with E-state index in [1.807, 2.05) is 42.5 Å². The molecule has 0 bridgehead atoms. The fraction of sp³-hybridized carbons (Fsp3) is 0.111. The van der Waals surface area contributed by atoms with E-state index in [-0.39, 0.29) is 11.7 Å². The third kappa shape index (κ3) is 2.55. The zero-order chi connectivity index (χ0) is 15.7. The topological polar surface area (TPSA) is 37.4 Å². The molecule has 0 atom stereocenters. The molecule has 3 nitrogen and oxygen atoms in total.